The Morgan fingerprint density at radius 2 is 2.33 bits per heavy atom. The molecule has 0 atom stereocenters. The molecule has 2 heterocycles. The molecule has 2 rings (SSSR count). The van der Waals surface area contributed by atoms with Crippen LogP contribution in [0.1, 0.15) is 19.2 Å². The van der Waals surface area contributed by atoms with Crippen LogP contribution in [0.25, 0.3) is 10.2 Å². The highest BCUT2D eigenvalue weighted by Crippen LogP contribution is 2.26. The van der Waals surface area contributed by atoms with Crippen molar-refractivity contribution in [3.63, 3.8) is 0 Å². The number of anilines is 1. The van der Waals surface area contributed by atoms with E-state index in [0.717, 1.165) is 46.3 Å². The molecule has 0 radical (unpaired) electrons. The van der Waals surface area contributed by atoms with Crippen molar-refractivity contribution in [1.29, 1.82) is 0 Å². The molecule has 2 aromatic rings. The summed E-state index contributed by atoms with van der Waals surface area (Å²) in [6.45, 7) is 3.18. The van der Waals surface area contributed by atoms with E-state index < -0.39 is 0 Å². The topological polar surface area (TPSA) is 58.0 Å². The second kappa shape index (κ2) is 6.92. The number of hydrogen-bond acceptors (Lipinski definition) is 6. The van der Waals surface area contributed by atoms with Crippen molar-refractivity contribution in [3.8, 4) is 0 Å². The van der Waals surface area contributed by atoms with Crippen molar-refractivity contribution in [2.24, 2.45) is 0 Å². The largest absolute Gasteiger partial charge is 0.396 e. The van der Waals surface area contributed by atoms with Gasteiger partial charge in [-0.25, -0.2) is 9.97 Å². The molecule has 0 aliphatic heterocycles. The third kappa shape index (κ3) is 3.34. The fourth-order valence-corrected chi connectivity index (χ4v) is 3.17. The lowest BCUT2D eigenvalue weighted by atomic mass is 10.3. The minimum absolute atomic E-state index is 0.250. The summed E-state index contributed by atoms with van der Waals surface area (Å²) in [5, 5.41) is 15.2. The highest BCUT2D eigenvalue weighted by Gasteiger charge is 2.08. The van der Waals surface area contributed by atoms with Gasteiger partial charge >= 0.3 is 0 Å². The number of nitrogens with one attached hydrogen (secondary N) is 1. The minimum Gasteiger partial charge on any atom is -0.396 e. The lowest BCUT2D eigenvalue weighted by Crippen LogP contribution is -2.03. The zero-order valence-corrected chi connectivity index (χ0v) is 12.0. The van der Waals surface area contributed by atoms with Crippen molar-refractivity contribution in [3.05, 3.63) is 17.3 Å². The molecule has 0 fully saturated rings. The number of aliphatic hydroxyl groups excluding tert-OH is 1. The van der Waals surface area contributed by atoms with Crippen LogP contribution in [0.15, 0.2) is 11.4 Å². The second-order valence-electron chi connectivity index (χ2n) is 3.79. The normalized spacial score (nSPS) is 11.0. The number of thiophene rings is 1. The molecular weight excluding hydrogens is 266 g/mol. The van der Waals surface area contributed by atoms with Crippen LogP contribution in [0.4, 0.5) is 5.82 Å². The van der Waals surface area contributed by atoms with E-state index in [1.54, 1.807) is 23.1 Å². The fraction of sp³-hybridized carbons (Fsp3) is 0.500. The molecular formula is C12H17N3OS2. The molecule has 0 bridgehead atoms. The molecule has 0 spiro atoms. The summed E-state index contributed by atoms with van der Waals surface area (Å²) in [5.41, 5.74) is 0. The van der Waals surface area contributed by atoms with Gasteiger partial charge in [0.15, 0.2) is 0 Å². The number of hydrogen-bond donors (Lipinski definition) is 2. The van der Waals surface area contributed by atoms with E-state index in [1.807, 2.05) is 5.38 Å². The van der Waals surface area contributed by atoms with Crippen LogP contribution in [0, 0.1) is 0 Å². The van der Waals surface area contributed by atoms with Crippen LogP contribution in [0.3, 0.4) is 0 Å². The van der Waals surface area contributed by atoms with E-state index in [-0.39, 0.29) is 6.61 Å². The summed E-state index contributed by atoms with van der Waals surface area (Å²) in [4.78, 5) is 10.2. The molecule has 0 unspecified atom stereocenters. The third-order valence-electron chi connectivity index (χ3n) is 2.39. The van der Waals surface area contributed by atoms with Crippen molar-refractivity contribution >= 4 is 39.1 Å². The van der Waals surface area contributed by atoms with Gasteiger partial charge in [0.2, 0.25) is 0 Å². The Labute approximate surface area is 115 Å². The smallest absolute Gasteiger partial charge is 0.142 e. The number of fused-ring (bicyclic) bond motifs is 1. The molecule has 18 heavy (non-hydrogen) atoms. The Morgan fingerprint density at radius 1 is 1.44 bits per heavy atom. The van der Waals surface area contributed by atoms with E-state index in [0.29, 0.717) is 0 Å². The standard InChI is InChI=1S/C12H17N3OS2/c1-2-13-11-9-4-7-18-12(9)15-10(14-11)8-17-6-3-5-16/h4,7,16H,2-3,5-6,8H2,1H3,(H,13,14,15). The van der Waals surface area contributed by atoms with Crippen LogP contribution in [0.2, 0.25) is 0 Å². The predicted molar refractivity (Wildman–Crippen MR) is 79.4 cm³/mol. The summed E-state index contributed by atoms with van der Waals surface area (Å²) in [7, 11) is 0. The quantitative estimate of drug-likeness (QED) is 0.765. The zero-order valence-electron chi connectivity index (χ0n) is 10.3. The van der Waals surface area contributed by atoms with Crippen LogP contribution in [-0.2, 0) is 5.75 Å². The highest BCUT2D eigenvalue weighted by atomic mass is 32.2. The summed E-state index contributed by atoms with van der Waals surface area (Å²) in [6.07, 6.45) is 0.825. The van der Waals surface area contributed by atoms with Crippen molar-refractivity contribution < 1.29 is 5.11 Å². The van der Waals surface area contributed by atoms with E-state index in [9.17, 15) is 0 Å². The molecule has 98 valence electrons. The SMILES string of the molecule is CCNc1nc(CSCCCO)nc2sccc12. The van der Waals surface area contributed by atoms with Crippen molar-refractivity contribution in [1.82, 2.24) is 9.97 Å². The first-order valence-corrected chi connectivity index (χ1v) is 8.05. The monoisotopic (exact) mass is 283 g/mol. The van der Waals surface area contributed by atoms with Gasteiger partial charge in [0.05, 0.1) is 11.1 Å². The average Bonchev–Trinajstić information content (AvgIpc) is 2.83. The molecule has 0 saturated heterocycles. The first-order valence-electron chi connectivity index (χ1n) is 6.01. The first-order chi connectivity index (χ1) is 8.85. The van der Waals surface area contributed by atoms with Crippen LogP contribution < -0.4 is 5.32 Å². The molecule has 4 nitrogen and oxygen atoms in total. The highest BCUT2D eigenvalue weighted by molar-refractivity contribution is 7.98. The third-order valence-corrected chi connectivity index (χ3v) is 4.24. The molecule has 0 aromatic carbocycles. The number of rotatable bonds is 7. The van der Waals surface area contributed by atoms with Crippen LogP contribution in [0.5, 0.6) is 0 Å². The Hall–Kier alpha value is -0.850. The van der Waals surface area contributed by atoms with Gasteiger partial charge < -0.3 is 10.4 Å². The van der Waals surface area contributed by atoms with Gasteiger partial charge in [-0.05, 0) is 30.5 Å². The second-order valence-corrected chi connectivity index (χ2v) is 5.79. The molecule has 6 heteroatoms. The fourth-order valence-electron chi connectivity index (χ4n) is 1.60. The van der Waals surface area contributed by atoms with Crippen LogP contribution in [-0.4, -0.2) is 34.0 Å². The summed E-state index contributed by atoms with van der Waals surface area (Å²) < 4.78 is 0. The predicted octanol–water partition coefficient (Wildman–Crippen LogP) is 2.74. The summed E-state index contributed by atoms with van der Waals surface area (Å²) in [5.74, 6) is 3.54. The molecule has 0 aliphatic carbocycles. The number of nitrogens with zero attached hydrogens (tertiary/aromatic N) is 2. The van der Waals surface area contributed by atoms with Gasteiger partial charge in [0.1, 0.15) is 16.5 Å². The number of aromatic nitrogens is 2. The van der Waals surface area contributed by atoms with E-state index in [1.165, 1.54) is 0 Å². The Bertz CT molecular complexity index is 501. The lowest BCUT2D eigenvalue weighted by molar-refractivity contribution is 0.296. The van der Waals surface area contributed by atoms with Gasteiger partial charge in [0, 0.05) is 13.2 Å². The molecule has 0 amide bonds. The Morgan fingerprint density at radius 3 is 3.11 bits per heavy atom. The first kappa shape index (κ1) is 13.6. The molecule has 0 aliphatic rings. The number of thioether (sulfide) groups is 1. The van der Waals surface area contributed by atoms with Gasteiger partial charge in [0.25, 0.3) is 0 Å². The van der Waals surface area contributed by atoms with Gasteiger partial charge in [-0.1, -0.05) is 0 Å². The van der Waals surface area contributed by atoms with E-state index in [4.69, 9.17) is 5.11 Å². The maximum absolute atomic E-state index is 8.74. The molecule has 2 aromatic heterocycles. The maximum Gasteiger partial charge on any atom is 0.142 e. The van der Waals surface area contributed by atoms with Crippen molar-refractivity contribution in [2.45, 2.75) is 19.1 Å². The van der Waals surface area contributed by atoms with Gasteiger partial charge in [-0.3, -0.25) is 0 Å². The van der Waals surface area contributed by atoms with E-state index >= 15 is 0 Å². The summed E-state index contributed by atoms with van der Waals surface area (Å²) in [6, 6.07) is 2.06. The molecule has 0 saturated carbocycles. The lowest BCUT2D eigenvalue weighted by Gasteiger charge is -2.06. The summed E-state index contributed by atoms with van der Waals surface area (Å²) >= 11 is 3.41. The Kier molecular flexibility index (Phi) is 5.22. The number of aliphatic hydroxyl groups is 1. The Balaban J connectivity index is 2.12. The van der Waals surface area contributed by atoms with Gasteiger partial charge in [-0.2, -0.15) is 11.8 Å². The van der Waals surface area contributed by atoms with E-state index in [2.05, 4.69) is 28.3 Å². The zero-order chi connectivity index (χ0) is 12.8. The molecule has 2 N–H and O–H groups in total. The van der Waals surface area contributed by atoms with Crippen LogP contribution >= 0.6 is 23.1 Å². The average molecular weight is 283 g/mol. The maximum atomic E-state index is 8.74. The minimum atomic E-state index is 0.250. The van der Waals surface area contributed by atoms with Gasteiger partial charge in [-0.15, -0.1) is 11.3 Å². The van der Waals surface area contributed by atoms with Crippen molar-refractivity contribution in [2.75, 3.05) is 24.2 Å².